The molecule has 13 atom stereocenters. The SMILES string of the molecule is CC1C(N)CCCC1N.CC1CCC(N)CC1C.CC1CCCC(CN)C1.CC1CCCC(N)C1.CCC1(C)CC(N)CC(C)(C)C1.NC1CCC(N)CC1.NC1CCCCC1N. The highest BCUT2D eigenvalue weighted by molar-refractivity contribution is 4.92. The summed E-state index contributed by atoms with van der Waals surface area (Å²) < 4.78 is 0. The zero-order chi connectivity index (χ0) is 47.8. The molecule has 0 aromatic rings. The summed E-state index contributed by atoms with van der Waals surface area (Å²) in [6.07, 6.45) is 32.5. The van der Waals surface area contributed by atoms with Gasteiger partial charge in [-0.3, -0.25) is 0 Å². The van der Waals surface area contributed by atoms with Crippen LogP contribution in [0, 0.1) is 46.3 Å². The summed E-state index contributed by atoms with van der Waals surface area (Å²) in [7, 11) is 0. The summed E-state index contributed by atoms with van der Waals surface area (Å²) in [6, 6.07) is 3.59. The summed E-state index contributed by atoms with van der Waals surface area (Å²) >= 11 is 0. The molecule has 20 N–H and O–H groups in total. The molecule has 0 aromatic heterocycles. The average molecular weight is 894 g/mol. The fraction of sp³-hybridized carbons (Fsp3) is 1.00. The van der Waals surface area contributed by atoms with E-state index in [1.165, 1.54) is 116 Å². The van der Waals surface area contributed by atoms with Crippen LogP contribution in [0.3, 0.4) is 0 Å². The number of hydrogen-bond acceptors (Lipinski definition) is 10. The van der Waals surface area contributed by atoms with Crippen molar-refractivity contribution in [3.05, 3.63) is 0 Å². The molecule has 7 aliphatic rings. The molecule has 7 aliphatic carbocycles. The molecule has 0 radical (unpaired) electrons. The van der Waals surface area contributed by atoms with Gasteiger partial charge in [-0.15, -0.1) is 0 Å². The van der Waals surface area contributed by atoms with Gasteiger partial charge in [-0.05, 0) is 168 Å². The van der Waals surface area contributed by atoms with Crippen molar-refractivity contribution < 1.29 is 0 Å². The van der Waals surface area contributed by atoms with E-state index in [0.717, 1.165) is 87.5 Å². The molecule has 7 fully saturated rings. The maximum absolute atomic E-state index is 6.06. The zero-order valence-corrected chi connectivity index (χ0v) is 43.5. The highest BCUT2D eigenvalue weighted by Crippen LogP contribution is 2.47. The van der Waals surface area contributed by atoms with Gasteiger partial charge in [0.2, 0.25) is 0 Å². The minimum absolute atomic E-state index is 0.281. The van der Waals surface area contributed by atoms with Crippen LogP contribution in [0.15, 0.2) is 0 Å². The Morgan fingerprint density at radius 3 is 1.21 bits per heavy atom. The van der Waals surface area contributed by atoms with E-state index in [9.17, 15) is 0 Å². The van der Waals surface area contributed by atoms with Crippen LogP contribution in [-0.4, -0.2) is 60.9 Å². The molecule has 7 rings (SSSR count). The minimum atomic E-state index is 0.281. The fourth-order valence-corrected chi connectivity index (χ4v) is 11.6. The summed E-state index contributed by atoms with van der Waals surface area (Å²) in [5.74, 6) is 4.96. The van der Waals surface area contributed by atoms with Crippen molar-refractivity contribution in [1.29, 1.82) is 0 Å². The van der Waals surface area contributed by atoms with Gasteiger partial charge >= 0.3 is 0 Å². The number of rotatable bonds is 2. The van der Waals surface area contributed by atoms with E-state index in [2.05, 4.69) is 62.3 Å². The van der Waals surface area contributed by atoms with E-state index >= 15 is 0 Å². The molecule has 0 aromatic carbocycles. The lowest BCUT2D eigenvalue weighted by Crippen LogP contribution is -2.44. The molecule has 0 bridgehead atoms. The van der Waals surface area contributed by atoms with Crippen LogP contribution in [0.5, 0.6) is 0 Å². The van der Waals surface area contributed by atoms with Gasteiger partial charge in [0.05, 0.1) is 0 Å². The molecule has 0 spiro atoms. The topological polar surface area (TPSA) is 260 Å². The third-order valence-electron chi connectivity index (χ3n) is 16.4. The number of hydrogen-bond donors (Lipinski definition) is 10. The van der Waals surface area contributed by atoms with Gasteiger partial charge in [0.25, 0.3) is 0 Å². The quantitative estimate of drug-likeness (QED) is 0.126. The van der Waals surface area contributed by atoms with E-state index in [4.69, 9.17) is 57.3 Å². The van der Waals surface area contributed by atoms with Gasteiger partial charge in [-0.25, -0.2) is 0 Å². The molecule has 63 heavy (non-hydrogen) atoms. The van der Waals surface area contributed by atoms with Crippen LogP contribution < -0.4 is 57.3 Å². The first-order chi connectivity index (χ1) is 29.5. The van der Waals surface area contributed by atoms with Crippen molar-refractivity contribution in [3.63, 3.8) is 0 Å². The van der Waals surface area contributed by atoms with E-state index in [-0.39, 0.29) is 12.1 Å². The minimum Gasteiger partial charge on any atom is -0.330 e. The Labute approximate surface area is 392 Å². The van der Waals surface area contributed by atoms with Crippen LogP contribution in [-0.2, 0) is 0 Å². The summed E-state index contributed by atoms with van der Waals surface area (Å²) in [6.45, 7) is 21.7. The van der Waals surface area contributed by atoms with Crippen molar-refractivity contribution in [1.82, 2.24) is 0 Å². The van der Waals surface area contributed by atoms with Crippen molar-refractivity contribution >= 4 is 0 Å². The van der Waals surface area contributed by atoms with Gasteiger partial charge in [-0.1, -0.05) is 114 Å². The van der Waals surface area contributed by atoms with Crippen LogP contribution in [0.2, 0.25) is 0 Å². The summed E-state index contributed by atoms with van der Waals surface area (Å²) in [5.41, 5.74) is 58.3. The first-order valence-electron chi connectivity index (χ1n) is 27.0. The van der Waals surface area contributed by atoms with E-state index in [1.807, 2.05) is 0 Å². The second kappa shape index (κ2) is 32.4. The standard InChI is InChI=1S/C11H23N.2C8H17N.C7H16N2.C7H15N.2C6H14N2/c1-5-11(4)7-9(12)6-10(2,3)8-11;1-6-3-4-8(9)5-7(6)2;1-7-3-2-4-8(5-7)6-9;1-5-6(8)3-2-4-7(5)9;1-6-3-2-4-7(8)5-6;7-5-1-2-6(8)4-3-5;7-5-3-1-2-4-6(5)8/h9H,5-8,12H2,1-4H3;6-8H,3-5,9H2,1-2H3;7-8H,2-6,9H2,1H3;5-7H,2-4,8-9H2,1H3;6-7H,2-5,8H2,1H3;2*5-6H,1-4,7-8H2. The predicted octanol–water partition coefficient (Wildman–Crippen LogP) is 8.90. The monoisotopic (exact) mass is 893 g/mol. The largest absolute Gasteiger partial charge is 0.330 e. The van der Waals surface area contributed by atoms with Crippen molar-refractivity contribution in [2.75, 3.05) is 6.54 Å². The average Bonchev–Trinajstić information content (AvgIpc) is 3.21. The smallest absolute Gasteiger partial charge is 0.0192 e. The third kappa shape index (κ3) is 27.9. The molecular weight excluding hydrogens is 777 g/mol. The fourth-order valence-electron chi connectivity index (χ4n) is 11.6. The van der Waals surface area contributed by atoms with Crippen LogP contribution >= 0.6 is 0 Å². The lowest BCUT2D eigenvalue weighted by Gasteiger charge is -2.45. The van der Waals surface area contributed by atoms with Crippen LogP contribution in [0.4, 0.5) is 0 Å². The Bertz CT molecular complexity index is 1060. The van der Waals surface area contributed by atoms with E-state index < -0.39 is 0 Å². The normalized spacial score (nSPS) is 41.1. The summed E-state index contributed by atoms with van der Waals surface area (Å²) in [5, 5.41) is 0. The molecule has 0 heterocycles. The van der Waals surface area contributed by atoms with Crippen LogP contribution in [0.1, 0.15) is 229 Å². The highest BCUT2D eigenvalue weighted by atomic mass is 14.8. The zero-order valence-electron chi connectivity index (χ0n) is 43.5. The van der Waals surface area contributed by atoms with E-state index in [0.29, 0.717) is 59.0 Å². The molecule has 10 nitrogen and oxygen atoms in total. The van der Waals surface area contributed by atoms with E-state index in [1.54, 1.807) is 0 Å². The second-order valence-corrected chi connectivity index (χ2v) is 24.0. The Balaban J connectivity index is 0.000000369. The van der Waals surface area contributed by atoms with Gasteiger partial charge in [0.1, 0.15) is 0 Å². The van der Waals surface area contributed by atoms with Crippen molar-refractivity contribution in [3.8, 4) is 0 Å². The second-order valence-electron chi connectivity index (χ2n) is 24.0. The molecule has 378 valence electrons. The Hall–Kier alpha value is -0.400. The Morgan fingerprint density at radius 2 is 0.857 bits per heavy atom. The van der Waals surface area contributed by atoms with Crippen LogP contribution in [0.25, 0.3) is 0 Å². The Kier molecular flexibility index (Phi) is 31.1. The molecule has 7 saturated carbocycles. The van der Waals surface area contributed by atoms with Crippen molar-refractivity contribution in [2.24, 2.45) is 104 Å². The maximum Gasteiger partial charge on any atom is 0.0192 e. The predicted molar refractivity (Wildman–Crippen MR) is 278 cm³/mol. The molecule has 0 aliphatic heterocycles. The summed E-state index contributed by atoms with van der Waals surface area (Å²) in [4.78, 5) is 0. The highest BCUT2D eigenvalue weighted by Gasteiger charge is 2.38. The van der Waals surface area contributed by atoms with Gasteiger partial charge in [-0.2, -0.15) is 0 Å². The molecular formula is C53H116N10. The number of nitrogens with two attached hydrogens (primary N) is 10. The molecule has 0 saturated heterocycles. The first-order valence-corrected chi connectivity index (χ1v) is 27.0. The lowest BCUT2D eigenvalue weighted by atomic mass is 9.62. The van der Waals surface area contributed by atoms with Gasteiger partial charge in [0, 0.05) is 54.4 Å². The molecule has 10 heteroatoms. The molecule has 13 unspecified atom stereocenters. The third-order valence-corrected chi connectivity index (χ3v) is 16.4. The van der Waals surface area contributed by atoms with Crippen molar-refractivity contribution in [2.45, 2.75) is 284 Å². The Morgan fingerprint density at radius 1 is 0.413 bits per heavy atom. The lowest BCUT2D eigenvalue weighted by molar-refractivity contribution is 0.0802. The van der Waals surface area contributed by atoms with Gasteiger partial charge in [0.15, 0.2) is 0 Å². The molecule has 0 amide bonds. The maximum atomic E-state index is 6.06. The van der Waals surface area contributed by atoms with Gasteiger partial charge < -0.3 is 57.3 Å². The first kappa shape index (κ1) is 60.6.